The first-order valence-corrected chi connectivity index (χ1v) is 7.43. The van der Waals surface area contributed by atoms with Crippen LogP contribution >= 0.6 is 0 Å². The standard InChI is InChI=1S/C17H21N3O2/c1-2-6-16(21)19-15-9-4-3-7-13(15)11-20-10-5-8-14(12-20)17(18)22/h3-4,7,9,14H,5,8,10-12H2,1H3,(H2,18,22)(H,19,21). The summed E-state index contributed by atoms with van der Waals surface area (Å²) in [6, 6.07) is 7.65. The number of nitrogens with zero attached hydrogens (tertiary/aromatic N) is 1. The molecule has 5 heteroatoms. The topological polar surface area (TPSA) is 75.4 Å². The monoisotopic (exact) mass is 299 g/mol. The fourth-order valence-electron chi connectivity index (χ4n) is 2.72. The van der Waals surface area contributed by atoms with E-state index in [9.17, 15) is 9.59 Å². The van der Waals surface area contributed by atoms with Gasteiger partial charge in [0, 0.05) is 18.8 Å². The number of carbonyl (C=O) groups is 2. The summed E-state index contributed by atoms with van der Waals surface area (Å²) in [5.74, 6) is 4.42. The van der Waals surface area contributed by atoms with Crippen LogP contribution < -0.4 is 11.1 Å². The maximum Gasteiger partial charge on any atom is 0.300 e. The van der Waals surface area contributed by atoms with Crippen LogP contribution in [0.1, 0.15) is 25.3 Å². The Kier molecular flexibility index (Phi) is 5.56. The van der Waals surface area contributed by atoms with Gasteiger partial charge in [-0.05, 0) is 43.9 Å². The van der Waals surface area contributed by atoms with E-state index < -0.39 is 0 Å². The quantitative estimate of drug-likeness (QED) is 0.824. The summed E-state index contributed by atoms with van der Waals surface area (Å²) in [6.07, 6.45) is 1.82. The number of nitrogens with one attached hydrogen (secondary N) is 1. The summed E-state index contributed by atoms with van der Waals surface area (Å²) in [4.78, 5) is 25.2. The second kappa shape index (κ2) is 7.62. The van der Waals surface area contributed by atoms with Gasteiger partial charge in [-0.2, -0.15) is 0 Å². The van der Waals surface area contributed by atoms with Gasteiger partial charge < -0.3 is 11.1 Å². The van der Waals surface area contributed by atoms with E-state index in [4.69, 9.17) is 5.73 Å². The molecule has 0 spiro atoms. The molecule has 1 aliphatic heterocycles. The van der Waals surface area contributed by atoms with Crippen LogP contribution in [0.25, 0.3) is 0 Å². The average Bonchev–Trinajstić information content (AvgIpc) is 2.50. The lowest BCUT2D eigenvalue weighted by Gasteiger charge is -2.31. The molecule has 5 nitrogen and oxygen atoms in total. The van der Waals surface area contributed by atoms with Crippen molar-refractivity contribution in [3.63, 3.8) is 0 Å². The number of rotatable bonds is 4. The molecule has 116 valence electrons. The van der Waals surface area contributed by atoms with Crippen LogP contribution in [0.15, 0.2) is 24.3 Å². The smallest absolute Gasteiger partial charge is 0.300 e. The first-order valence-electron chi connectivity index (χ1n) is 7.43. The van der Waals surface area contributed by atoms with Gasteiger partial charge in [0.15, 0.2) is 0 Å². The van der Waals surface area contributed by atoms with E-state index in [1.54, 1.807) is 6.92 Å². The SMILES string of the molecule is CC#CC(=O)Nc1ccccc1CN1CCCC(C(N)=O)C1. The number of para-hydroxylation sites is 1. The molecule has 1 aromatic carbocycles. The van der Waals surface area contributed by atoms with Gasteiger partial charge in [0.05, 0.1) is 5.92 Å². The summed E-state index contributed by atoms with van der Waals surface area (Å²) in [6.45, 7) is 3.91. The minimum atomic E-state index is -0.316. The molecule has 1 heterocycles. The predicted octanol–water partition coefficient (Wildman–Crippen LogP) is 1.35. The summed E-state index contributed by atoms with van der Waals surface area (Å²) in [5.41, 5.74) is 7.19. The molecule has 1 aromatic rings. The van der Waals surface area contributed by atoms with Gasteiger partial charge in [0.2, 0.25) is 5.91 Å². The highest BCUT2D eigenvalue weighted by Crippen LogP contribution is 2.22. The number of likely N-dealkylation sites (tertiary alicyclic amines) is 1. The molecule has 22 heavy (non-hydrogen) atoms. The highest BCUT2D eigenvalue weighted by molar-refractivity contribution is 6.04. The number of amides is 2. The molecule has 0 bridgehead atoms. The molecule has 0 aliphatic carbocycles. The fraction of sp³-hybridized carbons (Fsp3) is 0.412. The number of benzene rings is 1. The Balaban J connectivity index is 2.07. The Morgan fingerprint density at radius 3 is 2.91 bits per heavy atom. The van der Waals surface area contributed by atoms with Crippen molar-refractivity contribution < 1.29 is 9.59 Å². The molecule has 3 N–H and O–H groups in total. The van der Waals surface area contributed by atoms with Crippen molar-refractivity contribution in [3.05, 3.63) is 29.8 Å². The molecule has 0 radical (unpaired) electrons. The first kappa shape index (κ1) is 16.1. The minimum absolute atomic E-state index is 0.0820. The first-order chi connectivity index (χ1) is 10.6. The van der Waals surface area contributed by atoms with Gasteiger partial charge in [0.25, 0.3) is 5.91 Å². The van der Waals surface area contributed by atoms with E-state index in [0.717, 1.165) is 30.6 Å². The van der Waals surface area contributed by atoms with E-state index >= 15 is 0 Å². The van der Waals surface area contributed by atoms with Gasteiger partial charge in [-0.25, -0.2) is 0 Å². The van der Waals surface area contributed by atoms with Gasteiger partial charge in [0.1, 0.15) is 0 Å². The third-order valence-corrected chi connectivity index (χ3v) is 3.81. The highest BCUT2D eigenvalue weighted by atomic mass is 16.1. The fourth-order valence-corrected chi connectivity index (χ4v) is 2.72. The van der Waals surface area contributed by atoms with Crippen molar-refractivity contribution in [1.29, 1.82) is 0 Å². The number of hydrogen-bond acceptors (Lipinski definition) is 3. The number of carbonyl (C=O) groups excluding carboxylic acids is 2. The zero-order valence-electron chi connectivity index (χ0n) is 12.8. The highest BCUT2D eigenvalue weighted by Gasteiger charge is 2.24. The van der Waals surface area contributed by atoms with E-state index in [1.165, 1.54) is 0 Å². The normalized spacial score (nSPS) is 18.1. The molecule has 1 unspecified atom stereocenters. The average molecular weight is 299 g/mol. The van der Waals surface area contributed by atoms with Crippen LogP contribution in [0.5, 0.6) is 0 Å². The second-order valence-electron chi connectivity index (χ2n) is 5.46. The van der Waals surface area contributed by atoms with Crippen molar-refractivity contribution in [2.45, 2.75) is 26.3 Å². The third-order valence-electron chi connectivity index (χ3n) is 3.81. The molecular formula is C17H21N3O2. The Morgan fingerprint density at radius 1 is 1.41 bits per heavy atom. The number of primary amides is 1. The van der Waals surface area contributed by atoms with Crippen molar-refractivity contribution in [2.75, 3.05) is 18.4 Å². The minimum Gasteiger partial charge on any atom is -0.369 e. The van der Waals surface area contributed by atoms with Gasteiger partial charge in [-0.1, -0.05) is 24.1 Å². The van der Waals surface area contributed by atoms with Gasteiger partial charge in [-0.3, -0.25) is 14.5 Å². The van der Waals surface area contributed by atoms with E-state index in [-0.39, 0.29) is 17.7 Å². The van der Waals surface area contributed by atoms with Gasteiger partial charge >= 0.3 is 0 Å². The third kappa shape index (κ3) is 4.34. The molecule has 0 saturated carbocycles. The van der Waals surface area contributed by atoms with E-state index in [0.29, 0.717) is 13.1 Å². The molecule has 1 saturated heterocycles. The van der Waals surface area contributed by atoms with Crippen LogP contribution in [0.2, 0.25) is 0 Å². The predicted molar refractivity (Wildman–Crippen MR) is 85.7 cm³/mol. The van der Waals surface area contributed by atoms with Crippen LogP contribution in [0.3, 0.4) is 0 Å². The number of hydrogen-bond donors (Lipinski definition) is 2. The Labute approximate surface area is 130 Å². The molecule has 1 atom stereocenters. The van der Waals surface area contributed by atoms with Crippen molar-refractivity contribution >= 4 is 17.5 Å². The second-order valence-corrected chi connectivity index (χ2v) is 5.46. The van der Waals surface area contributed by atoms with Crippen LogP contribution in [-0.2, 0) is 16.1 Å². The lowest BCUT2D eigenvalue weighted by Crippen LogP contribution is -2.40. The number of nitrogens with two attached hydrogens (primary N) is 1. The summed E-state index contributed by atoms with van der Waals surface area (Å²) in [7, 11) is 0. The molecule has 2 amide bonds. The zero-order chi connectivity index (χ0) is 15.9. The molecule has 0 aromatic heterocycles. The molecule has 1 aliphatic rings. The lowest BCUT2D eigenvalue weighted by atomic mass is 9.97. The van der Waals surface area contributed by atoms with E-state index in [1.807, 2.05) is 24.3 Å². The Morgan fingerprint density at radius 2 is 2.18 bits per heavy atom. The zero-order valence-corrected chi connectivity index (χ0v) is 12.8. The largest absolute Gasteiger partial charge is 0.369 e. The van der Waals surface area contributed by atoms with Crippen LogP contribution in [0, 0.1) is 17.8 Å². The maximum atomic E-state index is 11.6. The Hall–Kier alpha value is -2.32. The van der Waals surface area contributed by atoms with Crippen molar-refractivity contribution in [2.24, 2.45) is 11.7 Å². The van der Waals surface area contributed by atoms with Gasteiger partial charge in [-0.15, -0.1) is 0 Å². The number of piperidine rings is 1. The summed E-state index contributed by atoms with van der Waals surface area (Å²) in [5, 5.41) is 2.80. The van der Waals surface area contributed by atoms with Crippen LogP contribution in [0.4, 0.5) is 5.69 Å². The summed E-state index contributed by atoms with van der Waals surface area (Å²) >= 11 is 0. The van der Waals surface area contributed by atoms with Crippen LogP contribution in [-0.4, -0.2) is 29.8 Å². The molecule has 2 rings (SSSR count). The lowest BCUT2D eigenvalue weighted by molar-refractivity contribution is -0.123. The van der Waals surface area contributed by atoms with Crippen molar-refractivity contribution in [3.8, 4) is 11.8 Å². The number of anilines is 1. The molecule has 1 fully saturated rings. The Bertz CT molecular complexity index is 616. The van der Waals surface area contributed by atoms with E-state index in [2.05, 4.69) is 22.1 Å². The van der Waals surface area contributed by atoms with Crippen molar-refractivity contribution in [1.82, 2.24) is 4.90 Å². The molecular weight excluding hydrogens is 278 g/mol. The maximum absolute atomic E-state index is 11.6. The summed E-state index contributed by atoms with van der Waals surface area (Å²) < 4.78 is 0.